The van der Waals surface area contributed by atoms with Crippen LogP contribution in [0.3, 0.4) is 0 Å². The summed E-state index contributed by atoms with van der Waals surface area (Å²) in [5, 5.41) is 0. The van der Waals surface area contributed by atoms with Crippen LogP contribution in [0.25, 0.3) is 0 Å². The van der Waals surface area contributed by atoms with Crippen molar-refractivity contribution in [3.8, 4) is 5.75 Å². The van der Waals surface area contributed by atoms with Gasteiger partial charge in [0.05, 0.1) is 12.8 Å². The van der Waals surface area contributed by atoms with E-state index in [1.165, 1.54) is 13.0 Å². The standard InChI is InChI=1S/C14H19N3O2/c1-19-13-3-2-10(14(15)18)8-12(13)17-7-6-16-5-4-11(17)9-16/h2-3,8,11H,4-7,9H2,1H3,(H2,15,18). The van der Waals surface area contributed by atoms with Crippen LogP contribution in [0.4, 0.5) is 5.69 Å². The van der Waals surface area contributed by atoms with Crippen LogP contribution < -0.4 is 15.4 Å². The second-order valence-electron chi connectivity index (χ2n) is 5.19. The number of carbonyl (C=O) groups is 1. The van der Waals surface area contributed by atoms with Crippen LogP contribution in [0.2, 0.25) is 0 Å². The van der Waals surface area contributed by atoms with Gasteiger partial charge in [-0.05, 0) is 24.6 Å². The first-order valence-corrected chi connectivity index (χ1v) is 6.66. The molecule has 2 unspecified atom stereocenters. The van der Waals surface area contributed by atoms with Crippen molar-refractivity contribution in [2.75, 3.05) is 38.2 Å². The first-order valence-electron chi connectivity index (χ1n) is 6.66. The molecule has 2 saturated heterocycles. The molecular weight excluding hydrogens is 242 g/mol. The summed E-state index contributed by atoms with van der Waals surface area (Å²) >= 11 is 0. The Morgan fingerprint density at radius 1 is 1.37 bits per heavy atom. The van der Waals surface area contributed by atoms with Crippen LogP contribution in [-0.4, -0.2) is 50.1 Å². The van der Waals surface area contributed by atoms with E-state index in [1.807, 2.05) is 12.1 Å². The Labute approximate surface area is 112 Å². The van der Waals surface area contributed by atoms with E-state index in [2.05, 4.69) is 9.80 Å². The van der Waals surface area contributed by atoms with Gasteiger partial charge >= 0.3 is 0 Å². The number of methoxy groups -OCH3 is 1. The van der Waals surface area contributed by atoms with Gasteiger partial charge in [0.1, 0.15) is 5.75 Å². The van der Waals surface area contributed by atoms with Crippen molar-refractivity contribution in [1.82, 2.24) is 4.90 Å². The minimum atomic E-state index is -0.394. The minimum Gasteiger partial charge on any atom is -0.495 e. The number of carbonyl (C=O) groups excluding carboxylic acids is 1. The summed E-state index contributed by atoms with van der Waals surface area (Å²) in [6.07, 6.45) is 1.17. The Bertz CT molecular complexity index is 503. The van der Waals surface area contributed by atoms with Crippen molar-refractivity contribution in [3.63, 3.8) is 0 Å². The second-order valence-corrected chi connectivity index (χ2v) is 5.19. The topological polar surface area (TPSA) is 58.8 Å². The number of ether oxygens (including phenoxy) is 1. The van der Waals surface area contributed by atoms with E-state index in [-0.39, 0.29) is 0 Å². The Hall–Kier alpha value is -1.75. The zero-order valence-corrected chi connectivity index (χ0v) is 11.1. The number of hydrogen-bond donors (Lipinski definition) is 1. The third-order valence-electron chi connectivity index (χ3n) is 4.12. The maximum absolute atomic E-state index is 11.3. The number of nitrogens with zero attached hydrogens (tertiary/aromatic N) is 2. The summed E-state index contributed by atoms with van der Waals surface area (Å²) < 4.78 is 5.43. The van der Waals surface area contributed by atoms with E-state index in [0.717, 1.165) is 31.1 Å². The van der Waals surface area contributed by atoms with Crippen molar-refractivity contribution >= 4 is 11.6 Å². The molecule has 2 aliphatic rings. The number of primary amides is 1. The summed E-state index contributed by atoms with van der Waals surface area (Å²) in [6, 6.07) is 5.92. The molecule has 0 aromatic heterocycles. The van der Waals surface area contributed by atoms with Crippen molar-refractivity contribution < 1.29 is 9.53 Å². The molecule has 5 heteroatoms. The average Bonchev–Trinajstić information content (AvgIpc) is 2.80. The predicted molar refractivity (Wildman–Crippen MR) is 73.7 cm³/mol. The zero-order chi connectivity index (χ0) is 13.4. The van der Waals surface area contributed by atoms with Crippen LogP contribution in [-0.2, 0) is 0 Å². The van der Waals surface area contributed by atoms with Crippen LogP contribution >= 0.6 is 0 Å². The highest BCUT2D eigenvalue weighted by Crippen LogP contribution is 2.34. The van der Waals surface area contributed by atoms with E-state index in [0.29, 0.717) is 11.6 Å². The normalized spacial score (nSPS) is 25.4. The number of rotatable bonds is 3. The van der Waals surface area contributed by atoms with E-state index in [1.54, 1.807) is 13.2 Å². The van der Waals surface area contributed by atoms with Gasteiger partial charge in [-0.1, -0.05) is 0 Å². The molecule has 1 aromatic rings. The molecule has 3 rings (SSSR count). The lowest BCUT2D eigenvalue weighted by molar-refractivity contribution is 0.100. The number of nitrogens with two attached hydrogens (primary N) is 1. The number of fused-ring (bicyclic) bond motifs is 2. The molecule has 1 aromatic carbocycles. The molecule has 2 aliphatic heterocycles. The maximum atomic E-state index is 11.3. The van der Waals surface area contributed by atoms with E-state index in [4.69, 9.17) is 10.5 Å². The summed E-state index contributed by atoms with van der Waals surface area (Å²) in [6.45, 7) is 4.31. The first-order chi connectivity index (χ1) is 9.19. The fourth-order valence-electron chi connectivity index (χ4n) is 3.09. The lowest BCUT2D eigenvalue weighted by Gasteiger charge is -2.37. The molecule has 2 atom stereocenters. The van der Waals surface area contributed by atoms with Gasteiger partial charge in [-0.2, -0.15) is 0 Å². The zero-order valence-electron chi connectivity index (χ0n) is 11.1. The number of benzene rings is 1. The Morgan fingerprint density at radius 3 is 2.95 bits per heavy atom. The molecule has 0 aliphatic carbocycles. The Balaban J connectivity index is 1.97. The largest absolute Gasteiger partial charge is 0.495 e. The van der Waals surface area contributed by atoms with E-state index < -0.39 is 5.91 Å². The fraction of sp³-hybridized carbons (Fsp3) is 0.500. The summed E-state index contributed by atoms with van der Waals surface area (Å²) in [5.74, 6) is 0.416. The van der Waals surface area contributed by atoms with Crippen LogP contribution in [0.1, 0.15) is 16.8 Å². The summed E-state index contributed by atoms with van der Waals surface area (Å²) in [5.41, 5.74) is 6.90. The number of hydrogen-bond acceptors (Lipinski definition) is 4. The van der Waals surface area contributed by atoms with Crippen LogP contribution in [0.15, 0.2) is 18.2 Å². The van der Waals surface area contributed by atoms with Gasteiger partial charge in [0.2, 0.25) is 5.91 Å². The van der Waals surface area contributed by atoms with Crippen molar-refractivity contribution in [3.05, 3.63) is 23.8 Å². The van der Waals surface area contributed by atoms with Gasteiger partial charge in [-0.25, -0.2) is 0 Å². The molecule has 0 saturated carbocycles. The quantitative estimate of drug-likeness (QED) is 0.869. The number of piperazine rings is 1. The average molecular weight is 261 g/mol. The predicted octanol–water partition coefficient (Wildman–Crippen LogP) is 0.688. The Morgan fingerprint density at radius 2 is 2.21 bits per heavy atom. The van der Waals surface area contributed by atoms with Gasteiger partial charge in [0, 0.05) is 37.8 Å². The monoisotopic (exact) mass is 261 g/mol. The lowest BCUT2D eigenvalue weighted by atomic mass is 10.1. The van der Waals surface area contributed by atoms with Gasteiger partial charge in [-0.3, -0.25) is 9.69 Å². The summed E-state index contributed by atoms with van der Waals surface area (Å²) in [4.78, 5) is 16.2. The highest BCUT2D eigenvalue weighted by atomic mass is 16.5. The maximum Gasteiger partial charge on any atom is 0.248 e. The molecule has 2 fully saturated rings. The third-order valence-corrected chi connectivity index (χ3v) is 4.12. The molecule has 2 bridgehead atoms. The lowest BCUT2D eigenvalue weighted by Crippen LogP contribution is -2.47. The second kappa shape index (κ2) is 4.74. The molecule has 1 amide bonds. The van der Waals surface area contributed by atoms with Gasteiger partial charge < -0.3 is 15.4 Å². The molecule has 0 spiro atoms. The van der Waals surface area contributed by atoms with Crippen molar-refractivity contribution in [2.45, 2.75) is 12.5 Å². The smallest absolute Gasteiger partial charge is 0.248 e. The molecule has 19 heavy (non-hydrogen) atoms. The SMILES string of the molecule is COc1ccc(C(N)=O)cc1N1CCN2CCC1C2. The molecule has 2 heterocycles. The first kappa shape index (κ1) is 12.3. The van der Waals surface area contributed by atoms with Crippen LogP contribution in [0, 0.1) is 0 Å². The number of amides is 1. The van der Waals surface area contributed by atoms with Gasteiger partial charge in [0.25, 0.3) is 0 Å². The molecule has 5 nitrogen and oxygen atoms in total. The van der Waals surface area contributed by atoms with E-state index >= 15 is 0 Å². The van der Waals surface area contributed by atoms with Gasteiger partial charge in [-0.15, -0.1) is 0 Å². The number of anilines is 1. The minimum absolute atomic E-state index is 0.394. The van der Waals surface area contributed by atoms with Crippen molar-refractivity contribution in [2.24, 2.45) is 5.73 Å². The molecular formula is C14H19N3O2. The van der Waals surface area contributed by atoms with Crippen molar-refractivity contribution in [1.29, 1.82) is 0 Å². The highest BCUT2D eigenvalue weighted by Gasteiger charge is 2.33. The third kappa shape index (κ3) is 2.14. The highest BCUT2D eigenvalue weighted by molar-refractivity contribution is 5.94. The fourth-order valence-corrected chi connectivity index (χ4v) is 3.09. The van der Waals surface area contributed by atoms with Crippen LogP contribution in [0.5, 0.6) is 5.75 Å². The summed E-state index contributed by atoms with van der Waals surface area (Å²) in [7, 11) is 1.66. The molecule has 102 valence electrons. The van der Waals surface area contributed by atoms with E-state index in [9.17, 15) is 4.79 Å². The molecule has 2 N–H and O–H groups in total. The Kier molecular flexibility index (Phi) is 3.06. The van der Waals surface area contributed by atoms with Gasteiger partial charge in [0.15, 0.2) is 0 Å². The molecule has 0 radical (unpaired) electrons.